The zero-order valence-corrected chi connectivity index (χ0v) is 28.1. The Bertz CT molecular complexity index is 1660. The largest absolute Gasteiger partial charge is 0.507 e. The second kappa shape index (κ2) is 13.8. The van der Waals surface area contributed by atoms with Crippen molar-refractivity contribution in [3.05, 3.63) is 51.6 Å². The standard InChI is InChI=1S/C35H43NO13/c1-16-29(40)19(36-11-7-10-23(39)49-34(2,3)4)12-24(47-16)48-21-14-35(45,22(38)15-37)13-18-26(21)33(44)28-27(31(18)42)30(41)17-8-6-9-20(46-5)25(17)32(28)43/h6,8-9,16,19,21,24,29,36-37,40,42,44-45H,7,10-15H2,1-5H3/t16-,19-,21?,24-,29+,35?/m0/s1. The Morgan fingerprint density at radius 3 is 2.43 bits per heavy atom. The van der Waals surface area contributed by atoms with Gasteiger partial charge in [0.15, 0.2) is 17.9 Å². The van der Waals surface area contributed by atoms with Crippen LogP contribution in [0.2, 0.25) is 0 Å². The number of aromatic hydroxyl groups is 2. The number of hydrogen-bond acceptors (Lipinski definition) is 14. The number of methoxy groups -OCH3 is 1. The van der Waals surface area contributed by atoms with Gasteiger partial charge in [-0.1, -0.05) is 12.1 Å². The number of Topliss-reactive ketones (excluding diaryl/α,β-unsaturated/α-hetero) is 1. The molecule has 2 aromatic carbocycles. The van der Waals surface area contributed by atoms with Crippen molar-refractivity contribution in [1.29, 1.82) is 0 Å². The zero-order valence-electron chi connectivity index (χ0n) is 28.1. The number of ketones is 3. The van der Waals surface area contributed by atoms with E-state index in [4.69, 9.17) is 18.9 Å². The van der Waals surface area contributed by atoms with Crippen molar-refractivity contribution in [3.63, 3.8) is 0 Å². The van der Waals surface area contributed by atoms with Gasteiger partial charge in [-0.05, 0) is 46.7 Å². The molecule has 1 saturated heterocycles. The number of hydrogen-bond donors (Lipinski definition) is 6. The van der Waals surface area contributed by atoms with E-state index in [1.54, 1.807) is 27.7 Å². The van der Waals surface area contributed by atoms with Crippen LogP contribution in [0.1, 0.15) is 102 Å². The normalized spacial score (nSPS) is 26.4. The first-order chi connectivity index (χ1) is 23.0. The summed E-state index contributed by atoms with van der Waals surface area (Å²) >= 11 is 0. The van der Waals surface area contributed by atoms with Gasteiger partial charge in [-0.15, -0.1) is 0 Å². The predicted octanol–water partition coefficient (Wildman–Crippen LogP) is 1.75. The van der Waals surface area contributed by atoms with Crippen molar-refractivity contribution in [3.8, 4) is 17.2 Å². The van der Waals surface area contributed by atoms with Gasteiger partial charge in [-0.2, -0.15) is 0 Å². The highest BCUT2D eigenvalue weighted by Crippen LogP contribution is 2.52. The molecule has 0 amide bonds. The first-order valence-corrected chi connectivity index (χ1v) is 16.2. The maximum atomic E-state index is 13.9. The van der Waals surface area contributed by atoms with Crippen LogP contribution in [0.3, 0.4) is 0 Å². The molecule has 2 unspecified atom stereocenters. The number of phenolic OH excluding ortho intramolecular Hbond substituents is 2. The topological polar surface area (TPSA) is 218 Å². The maximum Gasteiger partial charge on any atom is 0.306 e. The molecule has 1 fully saturated rings. The van der Waals surface area contributed by atoms with Crippen LogP contribution in [0.15, 0.2) is 18.2 Å². The summed E-state index contributed by atoms with van der Waals surface area (Å²) in [6.07, 6.45) is -4.70. The average molecular weight is 686 g/mol. The number of esters is 1. The van der Waals surface area contributed by atoms with Crippen molar-refractivity contribution < 1.29 is 63.7 Å². The van der Waals surface area contributed by atoms with Crippen LogP contribution < -0.4 is 10.1 Å². The van der Waals surface area contributed by atoms with Crippen LogP contribution in [0.4, 0.5) is 0 Å². The molecule has 2 aliphatic carbocycles. The first kappa shape index (κ1) is 36.4. The molecular formula is C35H43NO13. The van der Waals surface area contributed by atoms with Crippen LogP contribution in [0.5, 0.6) is 17.2 Å². The Morgan fingerprint density at radius 1 is 1.08 bits per heavy atom. The number of carbonyl (C=O) groups is 4. The fourth-order valence-corrected chi connectivity index (χ4v) is 6.83. The third-order valence-corrected chi connectivity index (χ3v) is 9.14. The quantitative estimate of drug-likeness (QED) is 0.102. The van der Waals surface area contributed by atoms with Gasteiger partial charge in [-0.3, -0.25) is 19.2 Å². The molecule has 5 rings (SSSR count). The molecule has 14 nitrogen and oxygen atoms in total. The van der Waals surface area contributed by atoms with Gasteiger partial charge in [-0.25, -0.2) is 0 Å². The number of aliphatic hydroxyl groups is 3. The molecular weight excluding hydrogens is 642 g/mol. The van der Waals surface area contributed by atoms with E-state index >= 15 is 0 Å². The van der Waals surface area contributed by atoms with Crippen molar-refractivity contribution in [2.75, 3.05) is 20.3 Å². The van der Waals surface area contributed by atoms with Crippen LogP contribution in [0.25, 0.3) is 0 Å². The van der Waals surface area contributed by atoms with E-state index in [1.165, 1.54) is 25.3 Å². The molecule has 0 saturated carbocycles. The number of benzene rings is 2. The lowest BCUT2D eigenvalue weighted by Gasteiger charge is -2.43. The number of phenols is 2. The molecule has 1 aliphatic heterocycles. The summed E-state index contributed by atoms with van der Waals surface area (Å²) in [5.41, 5.74) is -4.38. The van der Waals surface area contributed by atoms with E-state index in [2.05, 4.69) is 5.32 Å². The Hall–Kier alpha value is -3.92. The van der Waals surface area contributed by atoms with Crippen LogP contribution in [-0.4, -0.2) is 105 Å². The number of carbonyl (C=O) groups excluding carboxylic acids is 4. The SMILES string of the molecule is COc1cccc2c1C(=O)c1c(O)c3c(c(O)c1C2=O)CC(O)(C(=O)CO)CC3O[C@H]1C[C@H](NCCCC(=O)OC(C)(C)C)[C@H](O)[C@H](C)O1. The average Bonchev–Trinajstić information content (AvgIpc) is 3.03. The van der Waals surface area contributed by atoms with Gasteiger partial charge in [0.05, 0.1) is 42.1 Å². The van der Waals surface area contributed by atoms with E-state index in [-0.39, 0.29) is 46.8 Å². The van der Waals surface area contributed by atoms with E-state index in [9.17, 15) is 44.7 Å². The Balaban J connectivity index is 1.46. The molecule has 14 heteroatoms. The Kier molecular flexibility index (Phi) is 10.2. The lowest BCUT2D eigenvalue weighted by atomic mass is 9.72. The lowest BCUT2D eigenvalue weighted by Crippen LogP contribution is -2.54. The Labute approximate surface area is 282 Å². The third kappa shape index (κ3) is 6.94. The molecule has 2 aromatic rings. The van der Waals surface area contributed by atoms with E-state index in [0.29, 0.717) is 13.0 Å². The summed E-state index contributed by atoms with van der Waals surface area (Å²) in [4.78, 5) is 52.5. The van der Waals surface area contributed by atoms with Gasteiger partial charge in [0.2, 0.25) is 5.78 Å². The maximum absolute atomic E-state index is 13.9. The minimum Gasteiger partial charge on any atom is -0.507 e. The van der Waals surface area contributed by atoms with E-state index in [1.807, 2.05) is 0 Å². The van der Waals surface area contributed by atoms with Gasteiger partial charge in [0.1, 0.15) is 35.1 Å². The second-order valence-electron chi connectivity index (χ2n) is 13.7. The summed E-state index contributed by atoms with van der Waals surface area (Å²) in [6, 6.07) is 3.78. The summed E-state index contributed by atoms with van der Waals surface area (Å²) < 4.78 is 22.8. The highest BCUT2D eigenvalue weighted by atomic mass is 16.7. The fourth-order valence-electron chi connectivity index (χ4n) is 6.83. The fraction of sp³-hybridized carbons (Fsp3) is 0.543. The second-order valence-corrected chi connectivity index (χ2v) is 13.7. The summed E-state index contributed by atoms with van der Waals surface area (Å²) in [5, 5.41) is 58.5. The number of ether oxygens (including phenoxy) is 4. The molecule has 266 valence electrons. The molecule has 0 radical (unpaired) electrons. The van der Waals surface area contributed by atoms with E-state index in [0.717, 1.165) is 0 Å². The van der Waals surface area contributed by atoms with Crippen molar-refractivity contribution in [2.45, 2.75) is 102 Å². The number of rotatable bonds is 10. The molecule has 3 aliphatic rings. The molecule has 0 bridgehead atoms. The van der Waals surface area contributed by atoms with Gasteiger partial charge in [0.25, 0.3) is 0 Å². The van der Waals surface area contributed by atoms with Crippen molar-refractivity contribution >= 4 is 23.3 Å². The Morgan fingerprint density at radius 2 is 1.78 bits per heavy atom. The van der Waals surface area contributed by atoms with Crippen LogP contribution >= 0.6 is 0 Å². The number of aliphatic hydroxyl groups excluding tert-OH is 2. The van der Waals surface area contributed by atoms with Crippen LogP contribution in [0, 0.1) is 0 Å². The van der Waals surface area contributed by atoms with Crippen LogP contribution in [-0.2, 0) is 30.2 Å². The highest BCUT2D eigenvalue weighted by molar-refractivity contribution is 6.31. The molecule has 6 atom stereocenters. The lowest BCUT2D eigenvalue weighted by molar-refractivity contribution is -0.249. The van der Waals surface area contributed by atoms with Gasteiger partial charge in [0, 0.05) is 48.4 Å². The minimum atomic E-state index is -2.29. The highest BCUT2D eigenvalue weighted by Gasteiger charge is 2.50. The molecule has 6 N–H and O–H groups in total. The summed E-state index contributed by atoms with van der Waals surface area (Å²) in [7, 11) is 1.32. The van der Waals surface area contributed by atoms with Gasteiger partial charge >= 0.3 is 5.97 Å². The molecule has 0 spiro atoms. The monoisotopic (exact) mass is 685 g/mol. The molecule has 0 aromatic heterocycles. The first-order valence-electron chi connectivity index (χ1n) is 16.2. The van der Waals surface area contributed by atoms with Gasteiger partial charge < -0.3 is 49.8 Å². The predicted molar refractivity (Wildman–Crippen MR) is 171 cm³/mol. The number of nitrogens with one attached hydrogen (secondary N) is 1. The molecule has 1 heterocycles. The van der Waals surface area contributed by atoms with E-state index < -0.39 is 101 Å². The van der Waals surface area contributed by atoms with Crippen molar-refractivity contribution in [2.24, 2.45) is 0 Å². The summed E-state index contributed by atoms with van der Waals surface area (Å²) in [6.45, 7) is 6.25. The minimum absolute atomic E-state index is 0.0514. The molecule has 49 heavy (non-hydrogen) atoms. The zero-order chi connectivity index (χ0) is 36.0. The number of fused-ring (bicyclic) bond motifs is 3. The smallest absolute Gasteiger partial charge is 0.306 e. The summed E-state index contributed by atoms with van der Waals surface area (Å²) in [5.74, 6) is -4.22. The van der Waals surface area contributed by atoms with Crippen molar-refractivity contribution in [1.82, 2.24) is 5.32 Å². The third-order valence-electron chi connectivity index (χ3n) is 9.14.